The van der Waals surface area contributed by atoms with E-state index in [1.807, 2.05) is 11.3 Å². The molecule has 2 aromatic rings. The second-order valence-corrected chi connectivity index (χ2v) is 7.33. The summed E-state index contributed by atoms with van der Waals surface area (Å²) in [5, 5.41) is 4.92. The summed E-state index contributed by atoms with van der Waals surface area (Å²) >= 11 is 5.51. The molecule has 0 unspecified atom stereocenters. The topological polar surface area (TPSA) is 12.0 Å². The highest BCUT2D eigenvalue weighted by Gasteiger charge is 2.13. The largest absolute Gasteiger partial charge is 0.307 e. The van der Waals surface area contributed by atoms with E-state index in [9.17, 15) is 0 Å². The van der Waals surface area contributed by atoms with Crippen LogP contribution >= 0.6 is 27.3 Å². The number of thiophene rings is 1. The zero-order chi connectivity index (χ0) is 12.6. The second-order valence-electron chi connectivity index (χ2n) is 5.37. The Balaban J connectivity index is 2.36. The molecule has 0 saturated heterocycles. The third-order valence-electron chi connectivity index (χ3n) is 2.79. The van der Waals surface area contributed by atoms with Gasteiger partial charge in [-0.05, 0) is 60.6 Å². The Morgan fingerprint density at radius 2 is 2.00 bits per heavy atom. The fourth-order valence-corrected chi connectivity index (χ4v) is 3.53. The van der Waals surface area contributed by atoms with Gasteiger partial charge >= 0.3 is 0 Å². The van der Waals surface area contributed by atoms with Crippen LogP contribution in [0.2, 0.25) is 0 Å². The zero-order valence-electron chi connectivity index (χ0n) is 10.7. The smallest absolute Gasteiger partial charge is 0.0491 e. The summed E-state index contributed by atoms with van der Waals surface area (Å²) in [6.45, 7) is 9.76. The molecule has 0 aliphatic carbocycles. The maximum atomic E-state index is 3.62. The predicted octanol–water partition coefficient (Wildman–Crippen LogP) is 4.86. The predicted molar refractivity (Wildman–Crippen MR) is 80.9 cm³/mol. The molecule has 92 valence electrons. The molecular formula is C14H18BrNS. The van der Waals surface area contributed by atoms with Crippen LogP contribution in [0.1, 0.15) is 31.2 Å². The molecule has 1 aromatic heterocycles. The molecule has 0 atom stereocenters. The molecule has 0 bridgehead atoms. The normalized spacial score (nSPS) is 12.3. The van der Waals surface area contributed by atoms with Crippen molar-refractivity contribution in [1.29, 1.82) is 0 Å². The van der Waals surface area contributed by atoms with Crippen LogP contribution < -0.4 is 5.32 Å². The minimum atomic E-state index is 0.167. The maximum absolute atomic E-state index is 3.62. The van der Waals surface area contributed by atoms with Crippen LogP contribution in [0, 0.1) is 6.92 Å². The van der Waals surface area contributed by atoms with Gasteiger partial charge in [-0.3, -0.25) is 0 Å². The van der Waals surface area contributed by atoms with Crippen molar-refractivity contribution in [2.45, 2.75) is 39.8 Å². The molecule has 0 aliphatic heterocycles. The van der Waals surface area contributed by atoms with Gasteiger partial charge in [-0.15, -0.1) is 11.3 Å². The minimum absolute atomic E-state index is 0.167. The number of rotatable bonds is 2. The zero-order valence-corrected chi connectivity index (χ0v) is 13.1. The molecule has 1 N–H and O–H groups in total. The van der Waals surface area contributed by atoms with Crippen LogP contribution in [0.4, 0.5) is 0 Å². The lowest BCUT2D eigenvalue weighted by Crippen LogP contribution is -2.34. The van der Waals surface area contributed by atoms with Gasteiger partial charge in [-0.2, -0.15) is 0 Å². The molecule has 1 nitrogen and oxygen atoms in total. The highest BCUT2D eigenvalue weighted by atomic mass is 79.9. The monoisotopic (exact) mass is 311 g/mol. The third-order valence-corrected chi connectivity index (χ3v) is 5.06. The van der Waals surface area contributed by atoms with E-state index in [-0.39, 0.29) is 5.54 Å². The van der Waals surface area contributed by atoms with Crippen molar-refractivity contribution in [1.82, 2.24) is 5.32 Å². The number of aryl methyl sites for hydroxylation is 1. The average molecular weight is 312 g/mol. The maximum Gasteiger partial charge on any atom is 0.0491 e. The van der Waals surface area contributed by atoms with Gasteiger partial charge in [0.05, 0.1) is 0 Å². The Hall–Kier alpha value is -0.380. The van der Waals surface area contributed by atoms with Crippen molar-refractivity contribution >= 4 is 37.4 Å². The lowest BCUT2D eigenvalue weighted by molar-refractivity contribution is 0.426. The van der Waals surface area contributed by atoms with Gasteiger partial charge in [-0.1, -0.05) is 12.1 Å². The molecular weight excluding hydrogens is 294 g/mol. The van der Waals surface area contributed by atoms with E-state index in [0.29, 0.717) is 0 Å². The van der Waals surface area contributed by atoms with Crippen LogP contribution in [0.25, 0.3) is 10.1 Å². The van der Waals surface area contributed by atoms with E-state index in [0.717, 1.165) is 6.54 Å². The molecule has 0 radical (unpaired) electrons. The number of nitrogens with one attached hydrogen (secondary N) is 1. The van der Waals surface area contributed by atoms with Gasteiger partial charge in [0, 0.05) is 26.1 Å². The van der Waals surface area contributed by atoms with E-state index < -0.39 is 0 Å². The summed E-state index contributed by atoms with van der Waals surface area (Å²) in [5.41, 5.74) is 1.57. The summed E-state index contributed by atoms with van der Waals surface area (Å²) in [4.78, 5) is 1.43. The van der Waals surface area contributed by atoms with Gasteiger partial charge < -0.3 is 5.32 Å². The van der Waals surface area contributed by atoms with E-state index in [2.05, 4.69) is 67.1 Å². The first kappa shape index (κ1) is 13.1. The minimum Gasteiger partial charge on any atom is -0.307 e. The molecule has 17 heavy (non-hydrogen) atoms. The molecule has 0 aliphatic rings. The molecule has 1 heterocycles. The summed E-state index contributed by atoms with van der Waals surface area (Å²) in [7, 11) is 0. The van der Waals surface area contributed by atoms with Crippen molar-refractivity contribution < 1.29 is 0 Å². The van der Waals surface area contributed by atoms with Crippen molar-refractivity contribution in [3.8, 4) is 0 Å². The summed E-state index contributed by atoms with van der Waals surface area (Å²) in [6.07, 6.45) is 0. The third kappa shape index (κ3) is 2.90. The molecule has 0 saturated carbocycles. The quantitative estimate of drug-likeness (QED) is 0.835. The van der Waals surface area contributed by atoms with Crippen molar-refractivity contribution in [3.05, 3.63) is 33.1 Å². The molecule has 2 rings (SSSR count). The number of fused-ring (bicyclic) bond motifs is 1. The average Bonchev–Trinajstić information content (AvgIpc) is 2.54. The van der Waals surface area contributed by atoms with Gasteiger partial charge in [0.15, 0.2) is 0 Å². The van der Waals surface area contributed by atoms with Crippen LogP contribution in [0.15, 0.2) is 22.7 Å². The molecule has 0 fully saturated rings. The molecule has 0 amide bonds. The fourth-order valence-electron chi connectivity index (χ4n) is 1.77. The van der Waals surface area contributed by atoms with Crippen molar-refractivity contribution in [2.75, 3.05) is 0 Å². The van der Waals surface area contributed by atoms with Crippen molar-refractivity contribution in [2.24, 2.45) is 0 Å². The number of hydrogen-bond donors (Lipinski definition) is 1. The van der Waals surface area contributed by atoms with Crippen LogP contribution in [-0.2, 0) is 6.54 Å². The molecule has 1 aromatic carbocycles. The Kier molecular flexibility index (Phi) is 3.62. The highest BCUT2D eigenvalue weighted by Crippen LogP contribution is 2.35. The molecule has 3 heteroatoms. The van der Waals surface area contributed by atoms with E-state index in [1.54, 1.807) is 0 Å². The van der Waals surface area contributed by atoms with Crippen LogP contribution in [0.3, 0.4) is 0 Å². The van der Waals surface area contributed by atoms with Gasteiger partial charge in [-0.25, -0.2) is 0 Å². The van der Waals surface area contributed by atoms with Gasteiger partial charge in [0.1, 0.15) is 0 Å². The second kappa shape index (κ2) is 4.71. The first-order valence-corrected chi connectivity index (χ1v) is 7.41. The Bertz CT molecular complexity index is 537. The highest BCUT2D eigenvalue weighted by molar-refractivity contribution is 9.10. The summed E-state index contributed by atoms with van der Waals surface area (Å²) in [6, 6.07) is 6.42. The SMILES string of the molecule is Cc1c(CNC(C)(C)C)sc2c(Br)cccc12. The first-order valence-electron chi connectivity index (χ1n) is 5.80. The molecule has 0 spiro atoms. The number of benzene rings is 1. The summed E-state index contributed by atoms with van der Waals surface area (Å²) < 4.78 is 2.56. The number of halogens is 1. The van der Waals surface area contributed by atoms with E-state index in [1.165, 1.54) is 25.0 Å². The number of hydrogen-bond acceptors (Lipinski definition) is 2. The Labute approximate surface area is 115 Å². The van der Waals surface area contributed by atoms with Gasteiger partial charge in [0.2, 0.25) is 0 Å². The van der Waals surface area contributed by atoms with E-state index >= 15 is 0 Å². The van der Waals surface area contributed by atoms with Crippen LogP contribution in [-0.4, -0.2) is 5.54 Å². The standard InChI is InChI=1S/C14H18BrNS/c1-9-10-6-5-7-11(15)13(10)17-12(9)8-16-14(2,3)4/h5-7,16H,8H2,1-4H3. The summed E-state index contributed by atoms with van der Waals surface area (Å²) in [5.74, 6) is 0. The van der Waals surface area contributed by atoms with E-state index in [4.69, 9.17) is 0 Å². The lowest BCUT2D eigenvalue weighted by atomic mass is 10.1. The van der Waals surface area contributed by atoms with Crippen LogP contribution in [0.5, 0.6) is 0 Å². The first-order chi connectivity index (χ1) is 7.88. The van der Waals surface area contributed by atoms with Gasteiger partial charge in [0.25, 0.3) is 0 Å². The Morgan fingerprint density at radius 3 is 2.59 bits per heavy atom. The Morgan fingerprint density at radius 1 is 1.29 bits per heavy atom. The van der Waals surface area contributed by atoms with Crippen molar-refractivity contribution in [3.63, 3.8) is 0 Å². The lowest BCUT2D eigenvalue weighted by Gasteiger charge is -2.20. The fraction of sp³-hybridized carbons (Fsp3) is 0.429.